The Balaban J connectivity index is 1.83. The van der Waals surface area contributed by atoms with Gasteiger partial charge in [0.25, 0.3) is 0 Å². The Hall–Kier alpha value is -1.97. The van der Waals surface area contributed by atoms with E-state index < -0.39 is 37.3 Å². The lowest BCUT2D eigenvalue weighted by Crippen LogP contribution is -2.61. The fourth-order valence-corrected chi connectivity index (χ4v) is 2.75. The zero-order valence-corrected chi connectivity index (χ0v) is 13.0. The molecule has 5 N–H and O–H groups in total. The van der Waals surface area contributed by atoms with Crippen molar-refractivity contribution in [1.82, 2.24) is 4.98 Å². The number of ether oxygens (including phenoxy) is 2. The molecular weight excluding hydrogens is 316 g/mol. The van der Waals surface area contributed by atoms with Crippen LogP contribution in [0.4, 0.5) is 5.69 Å². The normalized spacial score (nSPS) is 30.3. The number of fused-ring (bicyclic) bond motifs is 1. The van der Waals surface area contributed by atoms with Crippen LogP contribution < -0.4 is 10.1 Å². The number of aromatic nitrogens is 1. The van der Waals surface area contributed by atoms with E-state index >= 15 is 0 Å². The molecule has 8 heteroatoms. The molecule has 0 bridgehead atoms. The molecule has 2 aromatic rings. The van der Waals surface area contributed by atoms with Gasteiger partial charge in [0, 0.05) is 17.1 Å². The van der Waals surface area contributed by atoms with Gasteiger partial charge >= 0.3 is 0 Å². The number of aliphatic hydroxyl groups excluding tert-OH is 4. The van der Waals surface area contributed by atoms with Gasteiger partial charge in [-0.1, -0.05) is 6.07 Å². The van der Waals surface area contributed by atoms with Gasteiger partial charge < -0.3 is 35.2 Å². The lowest BCUT2D eigenvalue weighted by Gasteiger charge is -2.40. The zero-order chi connectivity index (χ0) is 17.3. The Morgan fingerprint density at radius 2 is 1.92 bits per heavy atom. The van der Waals surface area contributed by atoms with Crippen LogP contribution in [0.5, 0.6) is 5.88 Å². The van der Waals surface area contributed by atoms with Crippen LogP contribution in [-0.4, -0.2) is 69.8 Å². The molecule has 8 nitrogen and oxygen atoms in total. The van der Waals surface area contributed by atoms with E-state index in [1.165, 1.54) is 7.11 Å². The molecule has 0 radical (unpaired) electrons. The topological polar surface area (TPSA) is 124 Å². The fraction of sp³-hybridized carbons (Fsp3) is 0.438. The van der Waals surface area contributed by atoms with Crippen LogP contribution >= 0.6 is 0 Å². The van der Waals surface area contributed by atoms with Crippen LogP contribution in [0, 0.1) is 0 Å². The van der Waals surface area contributed by atoms with Crippen LogP contribution in [0.2, 0.25) is 0 Å². The quantitative estimate of drug-likeness (QED) is 0.504. The standard InChI is InChI=1S/C16H20N2O6/c1-23-12-5-3-8-2-4-9(6-10(8)18-12)17-13-15(21)14(20)11(7-19)24-16(13)22/h2-6,11,13-17,19-22H,7H2,1H3/t11?,13?,14-,15-,16-/m0/s1. The molecule has 0 saturated carbocycles. The minimum atomic E-state index is -1.38. The van der Waals surface area contributed by atoms with E-state index in [4.69, 9.17) is 14.6 Å². The molecule has 1 saturated heterocycles. The van der Waals surface area contributed by atoms with E-state index in [0.29, 0.717) is 17.1 Å². The summed E-state index contributed by atoms with van der Waals surface area (Å²) in [4.78, 5) is 4.32. The van der Waals surface area contributed by atoms with Gasteiger partial charge in [-0.05, 0) is 18.2 Å². The van der Waals surface area contributed by atoms with Crippen molar-refractivity contribution in [2.45, 2.75) is 30.6 Å². The molecule has 5 atom stereocenters. The summed E-state index contributed by atoms with van der Waals surface area (Å²) >= 11 is 0. The molecule has 1 aliphatic heterocycles. The predicted molar refractivity (Wildman–Crippen MR) is 85.7 cm³/mol. The molecule has 1 fully saturated rings. The highest BCUT2D eigenvalue weighted by atomic mass is 16.6. The molecule has 130 valence electrons. The maximum Gasteiger partial charge on any atom is 0.213 e. The molecule has 1 aliphatic rings. The first-order chi connectivity index (χ1) is 11.5. The summed E-state index contributed by atoms with van der Waals surface area (Å²) in [7, 11) is 1.53. The average Bonchev–Trinajstić information content (AvgIpc) is 2.61. The summed E-state index contributed by atoms with van der Waals surface area (Å²) in [5.41, 5.74) is 1.26. The largest absolute Gasteiger partial charge is 0.481 e. The number of pyridine rings is 1. The Kier molecular flexibility index (Phi) is 4.83. The van der Waals surface area contributed by atoms with Crippen LogP contribution in [0.3, 0.4) is 0 Å². The highest BCUT2D eigenvalue weighted by Crippen LogP contribution is 2.25. The van der Waals surface area contributed by atoms with Crippen LogP contribution in [0.1, 0.15) is 0 Å². The molecule has 24 heavy (non-hydrogen) atoms. The van der Waals surface area contributed by atoms with E-state index in [1.54, 1.807) is 18.2 Å². The number of methoxy groups -OCH3 is 1. The maximum absolute atomic E-state index is 10.2. The van der Waals surface area contributed by atoms with Crippen molar-refractivity contribution >= 4 is 16.6 Å². The number of nitrogens with one attached hydrogen (secondary N) is 1. The summed E-state index contributed by atoms with van der Waals surface area (Å²) in [5.74, 6) is 0.474. The molecule has 1 aromatic heterocycles. The Morgan fingerprint density at radius 1 is 1.17 bits per heavy atom. The van der Waals surface area contributed by atoms with Crippen LogP contribution in [0.25, 0.3) is 10.9 Å². The van der Waals surface area contributed by atoms with Gasteiger partial charge in [0.1, 0.15) is 24.4 Å². The Bertz CT molecular complexity index is 712. The minimum Gasteiger partial charge on any atom is -0.481 e. The van der Waals surface area contributed by atoms with Crippen molar-refractivity contribution in [2.24, 2.45) is 0 Å². The number of aliphatic hydroxyl groups is 4. The molecule has 3 rings (SSSR count). The number of benzene rings is 1. The number of hydrogen-bond donors (Lipinski definition) is 5. The summed E-state index contributed by atoms with van der Waals surface area (Å²) in [6.45, 7) is -0.498. The number of hydrogen-bond acceptors (Lipinski definition) is 8. The minimum absolute atomic E-state index is 0.474. The van der Waals surface area contributed by atoms with Gasteiger partial charge in [-0.15, -0.1) is 0 Å². The van der Waals surface area contributed by atoms with Crippen LogP contribution in [-0.2, 0) is 4.74 Å². The van der Waals surface area contributed by atoms with E-state index in [0.717, 1.165) is 5.39 Å². The van der Waals surface area contributed by atoms with Gasteiger partial charge in [0.05, 0.1) is 19.2 Å². The number of nitrogens with zero attached hydrogens (tertiary/aromatic N) is 1. The SMILES string of the molecule is COc1ccc2ccc(NC3[C@@H](O)OC(CO)[C@H](O)[C@H]3O)cc2n1. The van der Waals surface area contributed by atoms with Gasteiger partial charge in [-0.2, -0.15) is 0 Å². The molecular formula is C16H20N2O6. The van der Waals surface area contributed by atoms with Gasteiger partial charge in [0.2, 0.25) is 5.88 Å². The first-order valence-electron chi connectivity index (χ1n) is 7.55. The van der Waals surface area contributed by atoms with Crippen molar-refractivity contribution in [3.8, 4) is 5.88 Å². The number of rotatable bonds is 4. The summed E-state index contributed by atoms with van der Waals surface area (Å²) < 4.78 is 10.2. The van der Waals surface area contributed by atoms with E-state index in [9.17, 15) is 15.3 Å². The van der Waals surface area contributed by atoms with Crippen molar-refractivity contribution in [3.05, 3.63) is 30.3 Å². The first-order valence-corrected chi connectivity index (χ1v) is 7.55. The third-order valence-corrected chi connectivity index (χ3v) is 4.11. The molecule has 0 spiro atoms. The third kappa shape index (κ3) is 3.14. The summed E-state index contributed by atoms with van der Waals surface area (Å²) in [5, 5.41) is 43.0. The molecule has 0 aliphatic carbocycles. The van der Waals surface area contributed by atoms with Crippen molar-refractivity contribution < 1.29 is 29.9 Å². The van der Waals surface area contributed by atoms with Crippen LogP contribution in [0.15, 0.2) is 30.3 Å². The maximum atomic E-state index is 10.2. The third-order valence-electron chi connectivity index (χ3n) is 4.11. The predicted octanol–water partition coefficient (Wildman–Crippen LogP) is -0.545. The van der Waals surface area contributed by atoms with E-state index in [1.807, 2.05) is 12.1 Å². The Labute approximate surface area is 138 Å². The van der Waals surface area contributed by atoms with Gasteiger partial charge in [-0.25, -0.2) is 4.98 Å². The average molecular weight is 336 g/mol. The van der Waals surface area contributed by atoms with E-state index in [-0.39, 0.29) is 0 Å². The monoisotopic (exact) mass is 336 g/mol. The van der Waals surface area contributed by atoms with Crippen molar-refractivity contribution in [2.75, 3.05) is 19.0 Å². The smallest absolute Gasteiger partial charge is 0.213 e. The fourth-order valence-electron chi connectivity index (χ4n) is 2.75. The van der Waals surface area contributed by atoms with Crippen molar-refractivity contribution in [1.29, 1.82) is 0 Å². The van der Waals surface area contributed by atoms with Gasteiger partial charge in [0.15, 0.2) is 6.29 Å². The van der Waals surface area contributed by atoms with Gasteiger partial charge in [-0.3, -0.25) is 0 Å². The zero-order valence-electron chi connectivity index (χ0n) is 13.0. The first kappa shape index (κ1) is 16.9. The van der Waals surface area contributed by atoms with E-state index in [2.05, 4.69) is 10.3 Å². The second-order valence-corrected chi connectivity index (χ2v) is 5.66. The lowest BCUT2D eigenvalue weighted by atomic mass is 9.97. The molecule has 1 aromatic carbocycles. The highest BCUT2D eigenvalue weighted by Gasteiger charge is 2.43. The highest BCUT2D eigenvalue weighted by molar-refractivity contribution is 5.82. The summed E-state index contributed by atoms with van der Waals surface area (Å²) in [6.07, 6.45) is -5.03. The van der Waals surface area contributed by atoms with Crippen molar-refractivity contribution in [3.63, 3.8) is 0 Å². The molecule has 2 unspecified atom stereocenters. The summed E-state index contributed by atoms with van der Waals surface area (Å²) in [6, 6.07) is 8.00. The second kappa shape index (κ2) is 6.88. The molecule has 2 heterocycles. The number of anilines is 1. The second-order valence-electron chi connectivity index (χ2n) is 5.66. The lowest BCUT2D eigenvalue weighted by molar-refractivity contribution is -0.245. The molecule has 0 amide bonds. The Morgan fingerprint density at radius 3 is 2.62 bits per heavy atom.